The number of nitrogens with two attached hydrogens (primary N) is 1. The molecule has 1 atom stereocenters. The van der Waals surface area contributed by atoms with Gasteiger partial charge in [0.1, 0.15) is 0 Å². The van der Waals surface area contributed by atoms with Crippen LogP contribution in [-0.2, 0) is 19.7 Å². The molecule has 2 amide bonds. The fourth-order valence-electron chi connectivity index (χ4n) is 1.47. The van der Waals surface area contributed by atoms with Crippen LogP contribution in [0.2, 0.25) is 0 Å². The van der Waals surface area contributed by atoms with Crippen molar-refractivity contribution in [3.63, 3.8) is 0 Å². The van der Waals surface area contributed by atoms with Crippen LogP contribution in [0.4, 0.5) is 0 Å². The number of rotatable bonds is 12. The molecule has 0 saturated carbocycles. The van der Waals surface area contributed by atoms with E-state index in [1.165, 1.54) is 0 Å². The van der Waals surface area contributed by atoms with E-state index in [2.05, 4.69) is 10.6 Å². The van der Waals surface area contributed by atoms with Gasteiger partial charge in [-0.1, -0.05) is 0 Å². The molecule has 0 aliphatic carbocycles. The molecule has 0 fully saturated rings. The van der Waals surface area contributed by atoms with Gasteiger partial charge in [0, 0.05) is 25.3 Å². The summed E-state index contributed by atoms with van der Waals surface area (Å²) in [5, 5.41) is 5.07. The third-order valence-electron chi connectivity index (χ3n) is 2.63. The van der Waals surface area contributed by atoms with Crippen molar-refractivity contribution < 1.29 is 27.1 Å². The lowest BCUT2D eigenvalue weighted by atomic mass is 10.1. The van der Waals surface area contributed by atoms with Crippen molar-refractivity contribution in [2.45, 2.75) is 31.7 Å². The van der Waals surface area contributed by atoms with Gasteiger partial charge in [-0.2, -0.15) is 8.42 Å². The number of hydrogen-bond donors (Lipinski definition) is 5. The summed E-state index contributed by atoms with van der Waals surface area (Å²) in [6, 6.07) is -0.801. The molecule has 11 heteroatoms. The lowest BCUT2D eigenvalue weighted by molar-refractivity contribution is -0.123. The van der Waals surface area contributed by atoms with E-state index in [0.29, 0.717) is 30.8 Å². The summed E-state index contributed by atoms with van der Waals surface area (Å²) in [7, 11) is -4.01. The SMILES string of the molecule is NC(CCC(=O)NCCCS(=O)(=O)O)C(=O)NCCCSO. The molecular formula is C11H23N3O6S2. The van der Waals surface area contributed by atoms with E-state index in [1.54, 1.807) is 0 Å². The molecule has 0 aromatic heterocycles. The van der Waals surface area contributed by atoms with Gasteiger partial charge >= 0.3 is 0 Å². The monoisotopic (exact) mass is 357 g/mol. The smallest absolute Gasteiger partial charge is 0.264 e. The third kappa shape index (κ3) is 12.8. The van der Waals surface area contributed by atoms with Crippen LogP contribution < -0.4 is 16.4 Å². The Hall–Kier alpha value is -0.880. The normalized spacial score (nSPS) is 12.7. The van der Waals surface area contributed by atoms with Crippen molar-refractivity contribution in [3.05, 3.63) is 0 Å². The first-order valence-electron chi connectivity index (χ1n) is 6.77. The summed E-state index contributed by atoms with van der Waals surface area (Å²) in [6.45, 7) is 0.529. The van der Waals surface area contributed by atoms with Crippen molar-refractivity contribution >= 4 is 34.0 Å². The van der Waals surface area contributed by atoms with Gasteiger partial charge in [-0.15, -0.1) is 0 Å². The van der Waals surface area contributed by atoms with Gasteiger partial charge in [-0.3, -0.25) is 14.1 Å². The van der Waals surface area contributed by atoms with E-state index in [0.717, 1.165) is 0 Å². The average molecular weight is 357 g/mol. The largest absolute Gasteiger partial charge is 0.356 e. The minimum absolute atomic E-state index is 0.0486. The van der Waals surface area contributed by atoms with Crippen LogP contribution in [-0.4, -0.2) is 60.0 Å². The van der Waals surface area contributed by atoms with Crippen LogP contribution >= 0.6 is 12.0 Å². The number of amides is 2. The second kappa shape index (κ2) is 11.7. The van der Waals surface area contributed by atoms with E-state index < -0.39 is 21.9 Å². The Morgan fingerprint density at radius 3 is 2.41 bits per heavy atom. The quantitative estimate of drug-likeness (QED) is 0.172. The van der Waals surface area contributed by atoms with Crippen LogP contribution in [0.3, 0.4) is 0 Å². The van der Waals surface area contributed by atoms with Crippen LogP contribution in [0.15, 0.2) is 0 Å². The summed E-state index contributed by atoms with van der Waals surface area (Å²) in [6.07, 6.45) is 0.950. The molecule has 0 rings (SSSR count). The fourth-order valence-corrected chi connectivity index (χ4v) is 2.25. The van der Waals surface area contributed by atoms with E-state index >= 15 is 0 Å². The molecule has 0 bridgehead atoms. The summed E-state index contributed by atoms with van der Waals surface area (Å²) in [4.78, 5) is 23.0. The molecule has 0 aromatic carbocycles. The Bertz CT molecular complexity index is 443. The molecule has 0 radical (unpaired) electrons. The molecule has 0 saturated heterocycles. The molecular weight excluding hydrogens is 334 g/mol. The second-order valence-electron chi connectivity index (χ2n) is 4.61. The molecule has 130 valence electrons. The second-order valence-corrected chi connectivity index (χ2v) is 6.85. The minimum Gasteiger partial charge on any atom is -0.356 e. The Kier molecular flexibility index (Phi) is 11.2. The minimum atomic E-state index is -4.01. The molecule has 0 heterocycles. The van der Waals surface area contributed by atoms with Gasteiger partial charge in [-0.25, -0.2) is 0 Å². The maximum atomic E-state index is 11.6. The zero-order valence-electron chi connectivity index (χ0n) is 12.2. The Balaban J connectivity index is 3.73. The maximum absolute atomic E-state index is 11.6. The number of hydrogen-bond acceptors (Lipinski definition) is 7. The molecule has 22 heavy (non-hydrogen) atoms. The van der Waals surface area contributed by atoms with Gasteiger partial charge in [0.25, 0.3) is 10.1 Å². The summed E-state index contributed by atoms with van der Waals surface area (Å²) in [5.74, 6) is -0.597. The topological polar surface area (TPSA) is 159 Å². The van der Waals surface area contributed by atoms with E-state index in [4.69, 9.17) is 14.8 Å². The van der Waals surface area contributed by atoms with Crippen LogP contribution in [0.25, 0.3) is 0 Å². The van der Waals surface area contributed by atoms with Gasteiger partial charge in [-0.05, 0) is 31.3 Å². The van der Waals surface area contributed by atoms with Crippen molar-refractivity contribution in [1.82, 2.24) is 10.6 Å². The van der Waals surface area contributed by atoms with E-state index in [1.807, 2.05) is 0 Å². The van der Waals surface area contributed by atoms with Crippen LogP contribution in [0, 0.1) is 0 Å². The highest BCUT2D eigenvalue weighted by Crippen LogP contribution is 1.97. The summed E-state index contributed by atoms with van der Waals surface area (Å²) in [5.41, 5.74) is 5.63. The van der Waals surface area contributed by atoms with E-state index in [-0.39, 0.29) is 37.6 Å². The lowest BCUT2D eigenvalue weighted by Gasteiger charge is -2.12. The van der Waals surface area contributed by atoms with Crippen LogP contribution in [0.5, 0.6) is 0 Å². The van der Waals surface area contributed by atoms with Crippen LogP contribution in [0.1, 0.15) is 25.7 Å². The van der Waals surface area contributed by atoms with E-state index in [9.17, 15) is 18.0 Å². The molecule has 0 aromatic rings. The zero-order chi connectivity index (χ0) is 17.0. The molecule has 1 unspecified atom stereocenters. The number of carbonyl (C=O) groups excluding carboxylic acids is 2. The maximum Gasteiger partial charge on any atom is 0.264 e. The molecule has 6 N–H and O–H groups in total. The predicted molar refractivity (Wildman–Crippen MR) is 84.0 cm³/mol. The van der Waals surface area contributed by atoms with Gasteiger partial charge < -0.3 is 20.9 Å². The Morgan fingerprint density at radius 1 is 1.18 bits per heavy atom. The molecule has 0 aliphatic rings. The lowest BCUT2D eigenvalue weighted by Crippen LogP contribution is -2.41. The fraction of sp³-hybridized carbons (Fsp3) is 0.818. The summed E-state index contributed by atoms with van der Waals surface area (Å²) < 4.78 is 37.9. The first-order chi connectivity index (χ1) is 10.3. The molecule has 0 spiro atoms. The first-order valence-corrected chi connectivity index (χ1v) is 9.33. The summed E-state index contributed by atoms with van der Waals surface area (Å²) >= 11 is 0.698. The first kappa shape index (κ1) is 21.1. The Labute approximate surface area is 134 Å². The highest BCUT2D eigenvalue weighted by molar-refractivity contribution is 7.93. The molecule has 0 aliphatic heterocycles. The Morgan fingerprint density at radius 2 is 1.82 bits per heavy atom. The van der Waals surface area contributed by atoms with Crippen molar-refractivity contribution in [2.24, 2.45) is 5.73 Å². The predicted octanol–water partition coefficient (Wildman–Crippen LogP) is -0.799. The van der Waals surface area contributed by atoms with Crippen molar-refractivity contribution in [2.75, 3.05) is 24.6 Å². The molecule has 9 nitrogen and oxygen atoms in total. The van der Waals surface area contributed by atoms with Crippen molar-refractivity contribution in [3.8, 4) is 0 Å². The van der Waals surface area contributed by atoms with Gasteiger partial charge in [0.15, 0.2) is 0 Å². The van der Waals surface area contributed by atoms with Gasteiger partial charge in [0.2, 0.25) is 11.8 Å². The number of nitrogens with one attached hydrogen (secondary N) is 2. The van der Waals surface area contributed by atoms with Gasteiger partial charge in [0.05, 0.1) is 11.8 Å². The van der Waals surface area contributed by atoms with Crippen molar-refractivity contribution in [1.29, 1.82) is 0 Å². The highest BCUT2D eigenvalue weighted by Gasteiger charge is 2.14. The average Bonchev–Trinajstić information content (AvgIpc) is 2.44. The third-order valence-corrected chi connectivity index (χ3v) is 3.91. The standard InChI is InChI=1S/C11H23N3O6S2/c12-9(11(16)14-5-1-7-21-17)3-4-10(15)13-6-2-8-22(18,19)20/h9,17H,1-8,12H2,(H,13,15)(H,14,16)(H,18,19,20). The highest BCUT2D eigenvalue weighted by atomic mass is 32.2. The zero-order valence-corrected chi connectivity index (χ0v) is 13.8. The number of carbonyl (C=O) groups is 2.